The Morgan fingerprint density at radius 2 is 2.00 bits per heavy atom. The van der Waals surface area contributed by atoms with Crippen LogP contribution in [0, 0.1) is 0 Å². The molecule has 0 amide bonds. The lowest BCUT2D eigenvalue weighted by Gasteiger charge is -2.10. The molecule has 0 nitrogen and oxygen atoms in total. The lowest BCUT2D eigenvalue weighted by molar-refractivity contribution is 1.12. The molecule has 1 unspecified atom stereocenters. The topological polar surface area (TPSA) is 0 Å². The van der Waals surface area contributed by atoms with E-state index >= 15 is 0 Å². The van der Waals surface area contributed by atoms with Gasteiger partial charge in [0.15, 0.2) is 0 Å². The molecule has 0 rings (SSSR count). The van der Waals surface area contributed by atoms with Crippen molar-refractivity contribution in [3.63, 3.8) is 0 Å². The zero-order valence-corrected chi connectivity index (χ0v) is 7.87. The second kappa shape index (κ2) is 4.51. The van der Waals surface area contributed by atoms with Crippen molar-refractivity contribution in [1.29, 1.82) is 0 Å². The predicted molar refractivity (Wildman–Crippen MR) is 53.8 cm³/mol. The van der Waals surface area contributed by atoms with Crippen LogP contribution in [0.3, 0.4) is 0 Å². The highest BCUT2D eigenvalue weighted by Gasteiger charge is 1.98. The Balaban J connectivity index is 4.09. The molecule has 0 saturated heterocycles. The Bertz CT molecular complexity index is 164. The fourth-order valence-electron chi connectivity index (χ4n) is 0.576. The zero-order chi connectivity index (χ0) is 8.15. The van der Waals surface area contributed by atoms with Gasteiger partial charge in [0.25, 0.3) is 0 Å². The van der Waals surface area contributed by atoms with Gasteiger partial charge in [-0.25, -0.2) is 0 Å². The van der Waals surface area contributed by atoms with Gasteiger partial charge in [0, 0.05) is 0 Å². The lowest BCUT2D eigenvalue weighted by atomic mass is 10.5. The molecule has 0 spiro atoms. The van der Waals surface area contributed by atoms with E-state index in [1.807, 2.05) is 19.1 Å². The molecule has 0 bridgehead atoms. The average molecular weight is 156 g/mol. The van der Waals surface area contributed by atoms with Gasteiger partial charge >= 0.3 is 0 Å². The van der Waals surface area contributed by atoms with Crippen molar-refractivity contribution in [3.8, 4) is 0 Å². The minimum absolute atomic E-state index is 0.102. The first kappa shape index (κ1) is 9.70. The Morgan fingerprint density at radius 1 is 1.50 bits per heavy atom. The van der Waals surface area contributed by atoms with Crippen LogP contribution in [0.25, 0.3) is 0 Å². The summed E-state index contributed by atoms with van der Waals surface area (Å²) in [6.45, 7) is 10.3. The van der Waals surface area contributed by atoms with Crippen molar-refractivity contribution in [2.24, 2.45) is 0 Å². The van der Waals surface area contributed by atoms with Crippen LogP contribution < -0.4 is 0 Å². The normalized spacial score (nSPS) is 14.4. The van der Waals surface area contributed by atoms with E-state index in [0.29, 0.717) is 5.25 Å². The average Bonchev–Trinajstić information content (AvgIpc) is 1.87. The molecule has 0 aromatic rings. The minimum Gasteiger partial charge on any atom is -0.160 e. The van der Waals surface area contributed by atoms with Crippen LogP contribution in [0.1, 0.15) is 20.8 Å². The third kappa shape index (κ3) is 3.02. The molecule has 0 aromatic carbocycles. The summed E-state index contributed by atoms with van der Waals surface area (Å²) in [7, 11) is 0.102. The highest BCUT2D eigenvalue weighted by Crippen LogP contribution is 2.27. The highest BCUT2D eigenvalue weighted by molar-refractivity contribution is 8.18. The van der Waals surface area contributed by atoms with E-state index < -0.39 is 0 Å². The maximum absolute atomic E-state index is 4.03. The maximum atomic E-state index is 4.03. The first-order chi connectivity index (χ1) is 4.59. The first-order valence-electron chi connectivity index (χ1n) is 3.44. The molecule has 58 valence electrons. The summed E-state index contributed by atoms with van der Waals surface area (Å²) in [6, 6.07) is 0. The Kier molecular flexibility index (Phi) is 4.37. The third-order valence-electron chi connectivity index (χ3n) is 1.26. The molecule has 0 aliphatic rings. The minimum atomic E-state index is 0.102. The van der Waals surface area contributed by atoms with Gasteiger partial charge in [0.2, 0.25) is 0 Å². The summed E-state index contributed by atoms with van der Waals surface area (Å²) in [5, 5.41) is 0.615. The summed E-state index contributed by atoms with van der Waals surface area (Å²) >= 11 is 0. The van der Waals surface area contributed by atoms with Crippen LogP contribution in [0.15, 0.2) is 23.6 Å². The van der Waals surface area contributed by atoms with E-state index in [1.54, 1.807) is 0 Å². The molecule has 1 atom stereocenters. The Morgan fingerprint density at radius 3 is 2.30 bits per heavy atom. The molecule has 0 N–H and O–H groups in total. The predicted octanol–water partition coefficient (Wildman–Crippen LogP) is 3.19. The number of allylic oxidation sites excluding steroid dienone is 2. The molecule has 1 heteroatoms. The standard InChI is InChI=1S/C9H16S/c1-6-7-9(4)10(5)8(2)3/h6-8H,4-5H2,1-3H3. The molecule has 10 heavy (non-hydrogen) atoms. The zero-order valence-electron chi connectivity index (χ0n) is 7.05. The van der Waals surface area contributed by atoms with E-state index in [1.165, 1.54) is 0 Å². The molecular formula is C9H16S. The molecule has 0 heterocycles. The fourth-order valence-corrected chi connectivity index (χ4v) is 1.49. The molecule has 0 aliphatic carbocycles. The SMILES string of the molecule is C=C(C=CC)S(=C)C(C)C. The number of hydrogen-bond acceptors (Lipinski definition) is 0. The Labute approximate surface area is 66.6 Å². The van der Waals surface area contributed by atoms with E-state index in [2.05, 4.69) is 26.3 Å². The van der Waals surface area contributed by atoms with Crippen molar-refractivity contribution in [2.75, 3.05) is 0 Å². The smallest absolute Gasteiger partial charge is 0.00214 e. The van der Waals surface area contributed by atoms with Crippen LogP contribution in [-0.2, 0) is 0 Å². The monoisotopic (exact) mass is 156 g/mol. The fraction of sp³-hybridized carbons (Fsp3) is 0.444. The van der Waals surface area contributed by atoms with Gasteiger partial charge in [-0.1, -0.05) is 38.4 Å². The largest absolute Gasteiger partial charge is 0.160 e. The van der Waals surface area contributed by atoms with Gasteiger partial charge in [-0.3, -0.25) is 0 Å². The summed E-state index contributed by atoms with van der Waals surface area (Å²) in [5.41, 5.74) is 0. The maximum Gasteiger partial charge on any atom is -0.00214 e. The van der Waals surface area contributed by atoms with Crippen LogP contribution in [0.2, 0.25) is 0 Å². The van der Waals surface area contributed by atoms with Crippen LogP contribution >= 0.6 is 10.5 Å². The van der Waals surface area contributed by atoms with E-state index in [4.69, 9.17) is 0 Å². The van der Waals surface area contributed by atoms with E-state index in [9.17, 15) is 0 Å². The summed E-state index contributed by atoms with van der Waals surface area (Å²) in [6.07, 6.45) is 4.05. The van der Waals surface area contributed by atoms with Crippen LogP contribution in [0.5, 0.6) is 0 Å². The second-order valence-corrected chi connectivity index (χ2v) is 4.77. The van der Waals surface area contributed by atoms with Crippen molar-refractivity contribution in [2.45, 2.75) is 26.0 Å². The van der Waals surface area contributed by atoms with Gasteiger partial charge < -0.3 is 0 Å². The highest BCUT2D eigenvalue weighted by atomic mass is 32.2. The second-order valence-electron chi connectivity index (χ2n) is 2.44. The molecule has 0 fully saturated rings. The number of hydrogen-bond donors (Lipinski definition) is 0. The summed E-state index contributed by atoms with van der Waals surface area (Å²) in [4.78, 5) is 1.15. The quantitative estimate of drug-likeness (QED) is 0.435. The van der Waals surface area contributed by atoms with Crippen molar-refractivity contribution in [1.82, 2.24) is 0 Å². The lowest BCUT2D eigenvalue weighted by Crippen LogP contribution is -1.89. The van der Waals surface area contributed by atoms with Gasteiger partial charge in [0.05, 0.1) is 0 Å². The molecular weight excluding hydrogens is 140 g/mol. The summed E-state index contributed by atoms with van der Waals surface area (Å²) in [5.74, 6) is 4.03. The number of rotatable bonds is 3. The van der Waals surface area contributed by atoms with Crippen molar-refractivity contribution in [3.05, 3.63) is 23.6 Å². The molecule has 0 saturated carbocycles. The van der Waals surface area contributed by atoms with Crippen LogP contribution in [0.4, 0.5) is 0 Å². The van der Waals surface area contributed by atoms with E-state index in [-0.39, 0.29) is 10.5 Å². The van der Waals surface area contributed by atoms with Gasteiger partial charge in [0.1, 0.15) is 0 Å². The van der Waals surface area contributed by atoms with E-state index in [0.717, 1.165) is 4.91 Å². The van der Waals surface area contributed by atoms with Crippen molar-refractivity contribution >= 4 is 16.4 Å². The van der Waals surface area contributed by atoms with Crippen molar-refractivity contribution < 1.29 is 0 Å². The first-order valence-corrected chi connectivity index (χ1v) is 4.89. The summed E-state index contributed by atoms with van der Waals surface area (Å²) < 4.78 is 0. The van der Waals surface area contributed by atoms with Gasteiger partial charge in [-0.05, 0) is 17.1 Å². The van der Waals surface area contributed by atoms with Crippen LogP contribution in [-0.4, -0.2) is 11.1 Å². The molecule has 0 aliphatic heterocycles. The molecule has 0 radical (unpaired) electrons. The Hall–Kier alpha value is -0.300. The van der Waals surface area contributed by atoms with Gasteiger partial charge in [-0.2, -0.15) is 10.5 Å². The van der Waals surface area contributed by atoms with Gasteiger partial charge in [-0.15, -0.1) is 0 Å². The molecule has 0 aromatic heterocycles. The third-order valence-corrected chi connectivity index (χ3v) is 3.21.